The van der Waals surface area contributed by atoms with Gasteiger partial charge in [-0.3, -0.25) is 4.79 Å². The Hall–Kier alpha value is -2.89. The third-order valence-corrected chi connectivity index (χ3v) is 6.50. The molecular formula is C23H23F3N4O3S. The quantitative estimate of drug-likeness (QED) is 0.519. The van der Waals surface area contributed by atoms with Crippen LogP contribution in [0.15, 0.2) is 36.8 Å². The number of aryl methyl sites for hydroxylation is 1. The van der Waals surface area contributed by atoms with Crippen LogP contribution in [0, 0.1) is 6.92 Å². The fourth-order valence-corrected chi connectivity index (χ4v) is 4.61. The Morgan fingerprint density at radius 3 is 2.53 bits per heavy atom. The van der Waals surface area contributed by atoms with Crippen molar-refractivity contribution in [3.63, 3.8) is 0 Å². The maximum absolute atomic E-state index is 12.9. The molecule has 2 N–H and O–H groups in total. The minimum atomic E-state index is -4.62. The van der Waals surface area contributed by atoms with Crippen LogP contribution in [0.1, 0.15) is 45.0 Å². The van der Waals surface area contributed by atoms with Crippen molar-refractivity contribution < 1.29 is 27.8 Å². The van der Waals surface area contributed by atoms with E-state index in [1.54, 1.807) is 18.3 Å². The molecule has 0 radical (unpaired) electrons. The first-order valence-corrected chi connectivity index (χ1v) is 11.5. The number of rotatable bonds is 7. The Bertz CT molecular complexity index is 1160. The fraction of sp³-hybridized carbons (Fsp3) is 0.391. The molecule has 1 fully saturated rings. The Balaban J connectivity index is 1.56. The molecule has 1 unspecified atom stereocenters. The minimum Gasteiger partial charge on any atom is -0.393 e. The Kier molecular flexibility index (Phi) is 6.96. The lowest BCUT2D eigenvalue weighted by atomic mass is 9.90. The van der Waals surface area contributed by atoms with Crippen LogP contribution in [0.2, 0.25) is 0 Å². The number of aliphatic hydroxyl groups excluding tert-OH is 1. The van der Waals surface area contributed by atoms with Crippen LogP contribution in [0.25, 0.3) is 10.6 Å². The molecule has 0 spiro atoms. The summed E-state index contributed by atoms with van der Waals surface area (Å²) in [6, 6.07) is 5.40. The Morgan fingerprint density at radius 2 is 1.94 bits per heavy atom. The van der Waals surface area contributed by atoms with Crippen molar-refractivity contribution >= 4 is 17.2 Å². The number of aliphatic hydroxyl groups is 1. The second-order valence-corrected chi connectivity index (χ2v) is 9.49. The van der Waals surface area contributed by atoms with Crippen LogP contribution in [0.5, 0.6) is 0 Å². The van der Waals surface area contributed by atoms with Crippen molar-refractivity contribution in [2.45, 2.75) is 44.5 Å². The van der Waals surface area contributed by atoms with Crippen molar-refractivity contribution in [2.75, 3.05) is 13.2 Å². The lowest BCUT2D eigenvalue weighted by Gasteiger charge is -2.26. The molecule has 1 aliphatic rings. The number of benzene rings is 1. The number of aromatic nitrogens is 3. The SMILES string of the molecule is Cc1cnc(-c2cc(CC3(CO)CCCO3)cc(C(=O)NCc3cnc(C(F)(F)F)nc3)c2)s1. The number of amides is 1. The number of hydrogen-bond acceptors (Lipinski definition) is 7. The van der Waals surface area contributed by atoms with Gasteiger partial charge in [0.1, 0.15) is 5.01 Å². The summed E-state index contributed by atoms with van der Waals surface area (Å²) in [5.74, 6) is -1.63. The molecule has 2 aromatic heterocycles. The molecule has 34 heavy (non-hydrogen) atoms. The topological polar surface area (TPSA) is 97.2 Å². The predicted molar refractivity (Wildman–Crippen MR) is 119 cm³/mol. The van der Waals surface area contributed by atoms with Gasteiger partial charge in [-0.25, -0.2) is 15.0 Å². The van der Waals surface area contributed by atoms with Gasteiger partial charge in [0.15, 0.2) is 0 Å². The van der Waals surface area contributed by atoms with Crippen molar-refractivity contribution in [1.82, 2.24) is 20.3 Å². The normalized spacial score (nSPS) is 18.3. The van der Waals surface area contributed by atoms with Gasteiger partial charge in [-0.1, -0.05) is 0 Å². The summed E-state index contributed by atoms with van der Waals surface area (Å²) in [6.45, 7) is 2.37. The van der Waals surface area contributed by atoms with E-state index in [9.17, 15) is 23.1 Å². The molecule has 180 valence electrons. The summed E-state index contributed by atoms with van der Waals surface area (Å²) in [5, 5.41) is 13.4. The van der Waals surface area contributed by atoms with Crippen molar-refractivity contribution in [1.29, 1.82) is 0 Å². The number of carbonyl (C=O) groups is 1. The third kappa shape index (κ3) is 5.60. The van der Waals surface area contributed by atoms with Gasteiger partial charge in [0.25, 0.3) is 5.91 Å². The summed E-state index contributed by atoms with van der Waals surface area (Å²) < 4.78 is 43.8. The molecule has 0 saturated carbocycles. The number of nitrogens with zero attached hydrogens (tertiary/aromatic N) is 3. The van der Waals surface area contributed by atoms with E-state index in [0.717, 1.165) is 46.2 Å². The molecule has 1 saturated heterocycles. The van der Waals surface area contributed by atoms with Gasteiger partial charge in [0, 0.05) is 59.7 Å². The Labute approximate surface area is 198 Å². The Morgan fingerprint density at radius 1 is 1.18 bits per heavy atom. The lowest BCUT2D eigenvalue weighted by Crippen LogP contribution is -2.35. The lowest BCUT2D eigenvalue weighted by molar-refractivity contribution is -0.145. The molecule has 0 aliphatic carbocycles. The van der Waals surface area contributed by atoms with Crippen molar-refractivity contribution in [3.8, 4) is 10.6 Å². The number of ether oxygens (including phenoxy) is 1. The summed E-state index contributed by atoms with van der Waals surface area (Å²) >= 11 is 1.50. The first-order chi connectivity index (χ1) is 16.2. The largest absolute Gasteiger partial charge is 0.451 e. The fourth-order valence-electron chi connectivity index (χ4n) is 3.86. The third-order valence-electron chi connectivity index (χ3n) is 5.53. The van der Waals surface area contributed by atoms with E-state index in [1.165, 1.54) is 11.3 Å². The van der Waals surface area contributed by atoms with Crippen LogP contribution >= 0.6 is 11.3 Å². The molecular weight excluding hydrogens is 469 g/mol. The summed E-state index contributed by atoms with van der Waals surface area (Å²) in [7, 11) is 0. The first-order valence-electron chi connectivity index (χ1n) is 10.7. The average molecular weight is 493 g/mol. The van der Waals surface area contributed by atoms with Crippen LogP contribution in [-0.4, -0.2) is 44.8 Å². The monoisotopic (exact) mass is 492 g/mol. The van der Waals surface area contributed by atoms with Crippen LogP contribution in [-0.2, 0) is 23.9 Å². The number of hydrogen-bond donors (Lipinski definition) is 2. The molecule has 11 heteroatoms. The van der Waals surface area contributed by atoms with Crippen molar-refractivity contribution in [3.05, 3.63) is 64.2 Å². The van der Waals surface area contributed by atoms with Gasteiger partial charge in [0.2, 0.25) is 5.82 Å². The summed E-state index contributed by atoms with van der Waals surface area (Å²) in [4.78, 5) is 25.0. The highest BCUT2D eigenvalue weighted by Gasteiger charge is 2.35. The van der Waals surface area contributed by atoms with Gasteiger partial charge in [-0.15, -0.1) is 11.3 Å². The summed E-state index contributed by atoms with van der Waals surface area (Å²) in [5.41, 5.74) is 1.63. The van der Waals surface area contributed by atoms with E-state index in [1.807, 2.05) is 13.0 Å². The van der Waals surface area contributed by atoms with E-state index >= 15 is 0 Å². The molecule has 3 heterocycles. The van der Waals surface area contributed by atoms with Gasteiger partial charge in [-0.05, 0) is 43.5 Å². The van der Waals surface area contributed by atoms with Gasteiger partial charge < -0.3 is 15.2 Å². The zero-order chi connectivity index (χ0) is 24.3. The molecule has 1 amide bonds. The van der Waals surface area contributed by atoms with E-state index in [2.05, 4.69) is 20.3 Å². The standard InChI is InChI=1S/C23H23F3N4O3S/c1-14-9-28-20(34-14)18-6-15(8-22(13-31)3-2-4-33-22)5-17(7-18)19(32)27-10-16-11-29-21(30-12-16)23(24,25)26/h5-7,9,11-12,31H,2-4,8,10,13H2,1H3,(H,27,32). The maximum atomic E-state index is 12.9. The molecule has 3 aromatic rings. The zero-order valence-corrected chi connectivity index (χ0v) is 19.2. The van der Waals surface area contributed by atoms with E-state index in [-0.39, 0.29) is 13.2 Å². The van der Waals surface area contributed by atoms with Crippen LogP contribution < -0.4 is 5.32 Å². The van der Waals surface area contributed by atoms with Crippen LogP contribution in [0.3, 0.4) is 0 Å². The highest BCUT2D eigenvalue weighted by atomic mass is 32.1. The average Bonchev–Trinajstić information content (AvgIpc) is 3.46. The number of thiazole rings is 1. The molecule has 1 atom stereocenters. The van der Waals surface area contributed by atoms with Gasteiger partial charge in [0.05, 0.1) is 12.2 Å². The van der Waals surface area contributed by atoms with E-state index in [4.69, 9.17) is 4.74 Å². The predicted octanol–water partition coefficient (Wildman–Crippen LogP) is 3.94. The van der Waals surface area contributed by atoms with Crippen LogP contribution in [0.4, 0.5) is 13.2 Å². The number of halogens is 3. The highest BCUT2D eigenvalue weighted by molar-refractivity contribution is 7.14. The van der Waals surface area contributed by atoms with Crippen molar-refractivity contribution in [2.24, 2.45) is 0 Å². The second-order valence-electron chi connectivity index (χ2n) is 8.26. The molecule has 7 nitrogen and oxygen atoms in total. The zero-order valence-electron chi connectivity index (χ0n) is 18.4. The molecule has 4 rings (SSSR count). The van der Waals surface area contributed by atoms with E-state index < -0.39 is 23.5 Å². The molecule has 1 aliphatic heterocycles. The number of alkyl halides is 3. The first kappa shape index (κ1) is 24.2. The van der Waals surface area contributed by atoms with Gasteiger partial charge >= 0.3 is 6.18 Å². The second kappa shape index (κ2) is 9.77. The highest BCUT2D eigenvalue weighted by Crippen LogP contribution is 2.32. The van der Waals surface area contributed by atoms with Gasteiger partial charge in [-0.2, -0.15) is 13.2 Å². The number of carbonyl (C=O) groups excluding carboxylic acids is 1. The number of nitrogens with one attached hydrogen (secondary N) is 1. The molecule has 1 aromatic carbocycles. The minimum absolute atomic E-state index is 0.0312. The van der Waals surface area contributed by atoms with E-state index in [0.29, 0.717) is 24.2 Å². The summed E-state index contributed by atoms with van der Waals surface area (Å²) in [6.07, 6.45) is 1.23. The smallest absolute Gasteiger partial charge is 0.393 e. The molecule has 0 bridgehead atoms. The maximum Gasteiger partial charge on any atom is 0.451 e.